The Hall–Kier alpha value is -1.51. The molecule has 1 aromatic carbocycles. The number of hydrogen-bond donors (Lipinski definition) is 1. The van der Waals surface area contributed by atoms with Crippen molar-refractivity contribution < 1.29 is 4.79 Å². The van der Waals surface area contributed by atoms with Gasteiger partial charge in [-0.3, -0.25) is 4.79 Å². The molecule has 2 aliphatic rings. The van der Waals surface area contributed by atoms with Crippen molar-refractivity contribution in [3.63, 3.8) is 0 Å². The topological polar surface area (TPSA) is 46.3 Å². The molecule has 1 aliphatic carbocycles. The molecule has 2 fully saturated rings. The van der Waals surface area contributed by atoms with Crippen LogP contribution in [0.15, 0.2) is 24.3 Å². The molecule has 0 aromatic heterocycles. The first kappa shape index (κ1) is 13.5. The van der Waals surface area contributed by atoms with E-state index in [-0.39, 0.29) is 5.92 Å². The Kier molecular flexibility index (Phi) is 3.95. The highest BCUT2D eigenvalue weighted by Gasteiger charge is 2.30. The number of benzene rings is 1. The summed E-state index contributed by atoms with van der Waals surface area (Å²) in [6, 6.07) is 8.25. The molecule has 20 heavy (non-hydrogen) atoms. The van der Waals surface area contributed by atoms with Crippen molar-refractivity contribution in [3.8, 4) is 0 Å². The molecule has 3 heteroatoms. The van der Waals surface area contributed by atoms with Crippen LogP contribution in [0.3, 0.4) is 0 Å². The molecule has 3 rings (SSSR count). The fourth-order valence-corrected chi connectivity index (χ4v) is 3.64. The van der Waals surface area contributed by atoms with Crippen molar-refractivity contribution in [2.75, 3.05) is 18.8 Å². The van der Waals surface area contributed by atoms with Gasteiger partial charge in [-0.25, -0.2) is 0 Å². The van der Waals surface area contributed by atoms with Gasteiger partial charge in [0.2, 0.25) is 5.91 Å². The summed E-state index contributed by atoms with van der Waals surface area (Å²) >= 11 is 0. The van der Waals surface area contributed by atoms with E-state index in [4.69, 9.17) is 5.73 Å². The molecule has 108 valence electrons. The molecule has 1 aromatic rings. The van der Waals surface area contributed by atoms with Gasteiger partial charge in [-0.1, -0.05) is 12.1 Å². The van der Waals surface area contributed by atoms with Crippen LogP contribution in [0.4, 0.5) is 5.69 Å². The van der Waals surface area contributed by atoms with E-state index in [0.717, 1.165) is 44.5 Å². The van der Waals surface area contributed by atoms with Gasteiger partial charge in [0.1, 0.15) is 0 Å². The van der Waals surface area contributed by atoms with Crippen LogP contribution in [0.25, 0.3) is 0 Å². The Bertz CT molecular complexity index is 454. The average molecular weight is 272 g/mol. The van der Waals surface area contributed by atoms with Gasteiger partial charge in [-0.2, -0.15) is 0 Å². The minimum atomic E-state index is 0.276. The number of anilines is 1. The fraction of sp³-hybridized carbons (Fsp3) is 0.588. The Morgan fingerprint density at radius 1 is 1.00 bits per heavy atom. The van der Waals surface area contributed by atoms with Gasteiger partial charge in [0, 0.05) is 24.7 Å². The van der Waals surface area contributed by atoms with Crippen molar-refractivity contribution >= 4 is 11.6 Å². The molecule has 0 unspecified atom stereocenters. The van der Waals surface area contributed by atoms with Gasteiger partial charge in [0.05, 0.1) is 0 Å². The summed E-state index contributed by atoms with van der Waals surface area (Å²) in [5.74, 6) is 1.30. The summed E-state index contributed by atoms with van der Waals surface area (Å²) in [6.45, 7) is 1.97. The predicted octanol–water partition coefficient (Wildman–Crippen LogP) is 3.17. The molecule has 1 amide bonds. The molecule has 0 radical (unpaired) electrons. The van der Waals surface area contributed by atoms with Crippen molar-refractivity contribution in [2.45, 2.75) is 44.4 Å². The third-order valence-corrected chi connectivity index (χ3v) is 4.90. The number of rotatable bonds is 2. The minimum absolute atomic E-state index is 0.276. The average Bonchev–Trinajstić information content (AvgIpc) is 3.02. The van der Waals surface area contributed by atoms with Gasteiger partial charge in [0.15, 0.2) is 0 Å². The van der Waals surface area contributed by atoms with Gasteiger partial charge >= 0.3 is 0 Å². The van der Waals surface area contributed by atoms with Crippen LogP contribution in [0.2, 0.25) is 0 Å². The first-order valence-electron chi connectivity index (χ1n) is 7.88. The highest BCUT2D eigenvalue weighted by Crippen LogP contribution is 2.37. The molecule has 0 atom stereocenters. The molecule has 1 saturated carbocycles. The van der Waals surface area contributed by atoms with Crippen LogP contribution >= 0.6 is 0 Å². The first-order chi connectivity index (χ1) is 9.74. The van der Waals surface area contributed by atoms with Gasteiger partial charge in [-0.05, 0) is 62.1 Å². The maximum atomic E-state index is 12.4. The molecular formula is C17H24N2O. The van der Waals surface area contributed by atoms with E-state index in [1.165, 1.54) is 18.4 Å². The molecule has 0 spiro atoms. The van der Waals surface area contributed by atoms with E-state index >= 15 is 0 Å². The van der Waals surface area contributed by atoms with Gasteiger partial charge in [-0.15, -0.1) is 0 Å². The highest BCUT2D eigenvalue weighted by molar-refractivity contribution is 5.79. The number of amides is 1. The fourth-order valence-electron chi connectivity index (χ4n) is 3.64. The summed E-state index contributed by atoms with van der Waals surface area (Å²) < 4.78 is 0. The van der Waals surface area contributed by atoms with E-state index in [0.29, 0.717) is 11.8 Å². The maximum Gasteiger partial charge on any atom is 0.225 e. The highest BCUT2D eigenvalue weighted by atomic mass is 16.2. The number of likely N-dealkylation sites (tertiary alicyclic amines) is 1. The van der Waals surface area contributed by atoms with E-state index in [1.54, 1.807) is 0 Å². The van der Waals surface area contributed by atoms with Crippen LogP contribution in [0.1, 0.15) is 50.0 Å². The number of nitrogens with two attached hydrogens (primary N) is 1. The number of carbonyl (C=O) groups excluding carboxylic acids is 1. The van der Waals surface area contributed by atoms with Crippen molar-refractivity contribution in [1.82, 2.24) is 4.90 Å². The van der Waals surface area contributed by atoms with Crippen molar-refractivity contribution in [3.05, 3.63) is 29.8 Å². The van der Waals surface area contributed by atoms with Crippen LogP contribution in [-0.2, 0) is 4.79 Å². The number of hydrogen-bond acceptors (Lipinski definition) is 2. The third kappa shape index (κ3) is 2.82. The standard InChI is InChI=1S/C17H24N2O/c18-16-9-7-14(8-10-16)13-3-5-15(6-4-13)17(20)19-11-1-2-12-19/h7-10,13,15H,1-6,11-12,18H2. The number of nitrogens with zero attached hydrogens (tertiary/aromatic N) is 1. The summed E-state index contributed by atoms with van der Waals surface area (Å²) in [6.07, 6.45) is 6.73. The van der Waals surface area contributed by atoms with Crippen LogP contribution in [0.5, 0.6) is 0 Å². The van der Waals surface area contributed by atoms with E-state index < -0.39 is 0 Å². The Labute approximate surface area is 121 Å². The second kappa shape index (κ2) is 5.86. The van der Waals surface area contributed by atoms with E-state index in [2.05, 4.69) is 17.0 Å². The molecule has 2 N–H and O–H groups in total. The molecular weight excluding hydrogens is 248 g/mol. The van der Waals surface area contributed by atoms with Crippen LogP contribution < -0.4 is 5.73 Å². The number of carbonyl (C=O) groups is 1. The zero-order chi connectivity index (χ0) is 13.9. The van der Waals surface area contributed by atoms with Gasteiger partial charge in [0.25, 0.3) is 0 Å². The summed E-state index contributed by atoms with van der Waals surface area (Å²) in [7, 11) is 0. The lowest BCUT2D eigenvalue weighted by Gasteiger charge is -2.30. The lowest BCUT2D eigenvalue weighted by Crippen LogP contribution is -2.35. The minimum Gasteiger partial charge on any atom is -0.399 e. The molecule has 1 aliphatic heterocycles. The zero-order valence-electron chi connectivity index (χ0n) is 12.1. The molecule has 1 saturated heterocycles. The lowest BCUT2D eigenvalue weighted by molar-refractivity contribution is -0.135. The molecule has 0 bridgehead atoms. The monoisotopic (exact) mass is 272 g/mol. The van der Waals surface area contributed by atoms with Crippen molar-refractivity contribution in [1.29, 1.82) is 0 Å². The molecule has 3 nitrogen and oxygen atoms in total. The zero-order valence-corrected chi connectivity index (χ0v) is 12.1. The third-order valence-electron chi connectivity index (χ3n) is 4.90. The van der Waals surface area contributed by atoms with E-state index in [9.17, 15) is 4.79 Å². The SMILES string of the molecule is Nc1ccc(C2CCC(C(=O)N3CCCC3)CC2)cc1. The lowest BCUT2D eigenvalue weighted by atomic mass is 9.78. The second-order valence-corrected chi connectivity index (χ2v) is 6.25. The summed E-state index contributed by atoms with van der Waals surface area (Å²) in [5, 5.41) is 0. The van der Waals surface area contributed by atoms with E-state index in [1.807, 2.05) is 12.1 Å². The largest absolute Gasteiger partial charge is 0.399 e. The normalized spacial score (nSPS) is 26.7. The molecule has 1 heterocycles. The Morgan fingerprint density at radius 2 is 1.60 bits per heavy atom. The maximum absolute atomic E-state index is 12.4. The Morgan fingerprint density at radius 3 is 2.20 bits per heavy atom. The van der Waals surface area contributed by atoms with Gasteiger partial charge < -0.3 is 10.6 Å². The summed E-state index contributed by atoms with van der Waals surface area (Å²) in [5.41, 5.74) is 7.94. The first-order valence-corrected chi connectivity index (χ1v) is 7.88. The number of nitrogen functional groups attached to an aromatic ring is 1. The van der Waals surface area contributed by atoms with Crippen molar-refractivity contribution in [2.24, 2.45) is 5.92 Å². The summed E-state index contributed by atoms with van der Waals surface area (Å²) in [4.78, 5) is 14.5. The van der Waals surface area contributed by atoms with Crippen LogP contribution in [-0.4, -0.2) is 23.9 Å². The smallest absolute Gasteiger partial charge is 0.225 e. The predicted molar refractivity (Wildman–Crippen MR) is 81.4 cm³/mol. The second-order valence-electron chi connectivity index (χ2n) is 6.25. The van der Waals surface area contributed by atoms with Crippen LogP contribution in [0, 0.1) is 5.92 Å². The quantitative estimate of drug-likeness (QED) is 0.841. The Balaban J connectivity index is 1.56.